The Morgan fingerprint density at radius 3 is 3.00 bits per heavy atom. The first-order valence-electron chi connectivity index (χ1n) is 5.16. The molecule has 14 heavy (non-hydrogen) atoms. The Hall–Kier alpha value is -1.09. The van der Waals surface area contributed by atoms with Gasteiger partial charge in [-0.1, -0.05) is 13.0 Å². The van der Waals surface area contributed by atoms with E-state index in [2.05, 4.69) is 17.2 Å². The summed E-state index contributed by atoms with van der Waals surface area (Å²) < 4.78 is 5.36. The van der Waals surface area contributed by atoms with Crippen LogP contribution >= 0.6 is 0 Å². The van der Waals surface area contributed by atoms with Gasteiger partial charge >= 0.3 is 0 Å². The monoisotopic (exact) mass is 194 g/mol. The van der Waals surface area contributed by atoms with Crippen LogP contribution in [0.25, 0.3) is 0 Å². The average molecular weight is 194 g/mol. The van der Waals surface area contributed by atoms with Gasteiger partial charge in [0.1, 0.15) is 5.82 Å². The maximum absolute atomic E-state index is 5.36. The Labute approximate surface area is 85.5 Å². The molecule has 0 saturated heterocycles. The van der Waals surface area contributed by atoms with Crippen LogP contribution in [0.1, 0.15) is 19.8 Å². The highest BCUT2D eigenvalue weighted by molar-refractivity contribution is 5.32. The second-order valence-corrected chi connectivity index (χ2v) is 3.11. The van der Waals surface area contributed by atoms with Gasteiger partial charge in [-0.25, -0.2) is 4.98 Å². The molecule has 0 saturated carbocycles. The van der Waals surface area contributed by atoms with E-state index in [4.69, 9.17) is 4.74 Å². The molecule has 1 aromatic rings. The minimum atomic E-state index is 0.827. The van der Waals surface area contributed by atoms with E-state index in [-0.39, 0.29) is 0 Å². The summed E-state index contributed by atoms with van der Waals surface area (Å²) in [5, 5.41) is 3.23. The standard InChI is InChI=1S/C11H18N2O/c1-2-9-14-10-5-8-13-11-6-3-4-7-12-11/h3-4,6-7H,2,5,8-10H2,1H3,(H,12,13). The molecule has 0 unspecified atom stereocenters. The zero-order valence-corrected chi connectivity index (χ0v) is 8.70. The Kier molecular flexibility index (Phi) is 5.75. The first kappa shape index (κ1) is 11.0. The van der Waals surface area contributed by atoms with Crippen molar-refractivity contribution in [1.29, 1.82) is 0 Å². The maximum Gasteiger partial charge on any atom is 0.125 e. The molecule has 1 aromatic heterocycles. The van der Waals surface area contributed by atoms with Crippen LogP contribution in [0.5, 0.6) is 0 Å². The fraction of sp³-hybridized carbons (Fsp3) is 0.545. The SMILES string of the molecule is CCCOCCCNc1ccccn1. The minimum Gasteiger partial charge on any atom is -0.381 e. The number of ether oxygens (including phenoxy) is 1. The van der Waals surface area contributed by atoms with E-state index in [0.29, 0.717) is 0 Å². The molecule has 0 aliphatic heterocycles. The number of nitrogens with one attached hydrogen (secondary N) is 1. The highest BCUT2D eigenvalue weighted by Gasteiger charge is 1.90. The van der Waals surface area contributed by atoms with Crippen LogP contribution in [0.3, 0.4) is 0 Å². The third-order valence-electron chi connectivity index (χ3n) is 1.78. The van der Waals surface area contributed by atoms with Crippen molar-refractivity contribution >= 4 is 5.82 Å². The molecule has 0 bridgehead atoms. The summed E-state index contributed by atoms with van der Waals surface area (Å²) in [4.78, 5) is 4.16. The van der Waals surface area contributed by atoms with E-state index in [0.717, 1.165) is 38.4 Å². The van der Waals surface area contributed by atoms with E-state index >= 15 is 0 Å². The van der Waals surface area contributed by atoms with Crippen molar-refractivity contribution in [2.24, 2.45) is 0 Å². The molecule has 0 amide bonds. The van der Waals surface area contributed by atoms with Crippen molar-refractivity contribution in [2.45, 2.75) is 19.8 Å². The van der Waals surface area contributed by atoms with Crippen LogP contribution < -0.4 is 5.32 Å². The molecule has 3 heteroatoms. The second-order valence-electron chi connectivity index (χ2n) is 3.11. The van der Waals surface area contributed by atoms with Crippen molar-refractivity contribution in [3.05, 3.63) is 24.4 Å². The summed E-state index contributed by atoms with van der Waals surface area (Å²) in [6.45, 7) is 4.73. The summed E-state index contributed by atoms with van der Waals surface area (Å²) in [6, 6.07) is 5.85. The van der Waals surface area contributed by atoms with Crippen molar-refractivity contribution in [3.8, 4) is 0 Å². The van der Waals surface area contributed by atoms with Gasteiger partial charge in [-0.2, -0.15) is 0 Å². The molecule has 0 atom stereocenters. The van der Waals surface area contributed by atoms with E-state index in [1.165, 1.54) is 0 Å². The van der Waals surface area contributed by atoms with Crippen molar-refractivity contribution in [2.75, 3.05) is 25.1 Å². The zero-order valence-electron chi connectivity index (χ0n) is 8.70. The fourth-order valence-corrected chi connectivity index (χ4v) is 1.10. The Morgan fingerprint density at radius 1 is 1.36 bits per heavy atom. The van der Waals surface area contributed by atoms with Gasteiger partial charge in [0.15, 0.2) is 0 Å². The van der Waals surface area contributed by atoms with Crippen molar-refractivity contribution in [3.63, 3.8) is 0 Å². The summed E-state index contributed by atoms with van der Waals surface area (Å²) in [6.07, 6.45) is 3.90. The normalized spacial score (nSPS) is 10.1. The zero-order chi connectivity index (χ0) is 10.1. The summed E-state index contributed by atoms with van der Waals surface area (Å²) in [7, 11) is 0. The molecular formula is C11H18N2O. The quantitative estimate of drug-likeness (QED) is 0.676. The van der Waals surface area contributed by atoms with Crippen LogP contribution in [0, 0.1) is 0 Å². The lowest BCUT2D eigenvalue weighted by atomic mass is 10.4. The number of rotatable bonds is 7. The largest absolute Gasteiger partial charge is 0.381 e. The topological polar surface area (TPSA) is 34.1 Å². The third kappa shape index (κ3) is 4.82. The van der Waals surface area contributed by atoms with Gasteiger partial charge in [0.2, 0.25) is 0 Å². The van der Waals surface area contributed by atoms with Gasteiger partial charge < -0.3 is 10.1 Å². The van der Waals surface area contributed by atoms with Crippen molar-refractivity contribution < 1.29 is 4.74 Å². The van der Waals surface area contributed by atoms with Gasteiger partial charge in [0.05, 0.1) is 0 Å². The van der Waals surface area contributed by atoms with Crippen LogP contribution in [0.15, 0.2) is 24.4 Å². The Morgan fingerprint density at radius 2 is 2.29 bits per heavy atom. The van der Waals surface area contributed by atoms with E-state index in [9.17, 15) is 0 Å². The lowest BCUT2D eigenvalue weighted by Crippen LogP contribution is -2.06. The third-order valence-corrected chi connectivity index (χ3v) is 1.78. The number of anilines is 1. The summed E-state index contributed by atoms with van der Waals surface area (Å²) >= 11 is 0. The molecule has 0 aliphatic carbocycles. The molecule has 0 fully saturated rings. The number of pyridine rings is 1. The van der Waals surface area contributed by atoms with Crippen molar-refractivity contribution in [1.82, 2.24) is 4.98 Å². The van der Waals surface area contributed by atoms with Crippen LogP contribution in [0.2, 0.25) is 0 Å². The molecule has 1 heterocycles. The van der Waals surface area contributed by atoms with Crippen LogP contribution in [-0.2, 0) is 4.74 Å². The summed E-state index contributed by atoms with van der Waals surface area (Å²) in [5.74, 6) is 0.933. The first-order chi connectivity index (χ1) is 6.93. The van der Waals surface area contributed by atoms with Gasteiger partial charge in [0, 0.05) is 26.0 Å². The minimum absolute atomic E-state index is 0.827. The van der Waals surface area contributed by atoms with E-state index in [1.807, 2.05) is 18.2 Å². The lowest BCUT2D eigenvalue weighted by Gasteiger charge is -2.05. The first-order valence-corrected chi connectivity index (χ1v) is 5.16. The molecule has 0 aromatic carbocycles. The van der Waals surface area contributed by atoms with Gasteiger partial charge in [-0.15, -0.1) is 0 Å². The molecule has 3 nitrogen and oxygen atoms in total. The van der Waals surface area contributed by atoms with Crippen LogP contribution in [0.4, 0.5) is 5.82 Å². The lowest BCUT2D eigenvalue weighted by molar-refractivity contribution is 0.134. The molecule has 0 aliphatic rings. The maximum atomic E-state index is 5.36. The summed E-state index contributed by atoms with van der Waals surface area (Å²) in [5.41, 5.74) is 0. The Balaban J connectivity index is 1.99. The number of hydrogen-bond acceptors (Lipinski definition) is 3. The predicted octanol–water partition coefficient (Wildman–Crippen LogP) is 2.31. The van der Waals surface area contributed by atoms with Crippen LogP contribution in [-0.4, -0.2) is 24.7 Å². The van der Waals surface area contributed by atoms with Gasteiger partial charge in [-0.05, 0) is 25.0 Å². The highest BCUT2D eigenvalue weighted by atomic mass is 16.5. The molecule has 0 spiro atoms. The highest BCUT2D eigenvalue weighted by Crippen LogP contribution is 1.99. The van der Waals surface area contributed by atoms with Gasteiger partial charge in [-0.3, -0.25) is 0 Å². The molecule has 0 radical (unpaired) electrons. The number of hydrogen-bond donors (Lipinski definition) is 1. The fourth-order valence-electron chi connectivity index (χ4n) is 1.10. The molecule has 78 valence electrons. The average Bonchev–Trinajstić information content (AvgIpc) is 2.25. The second kappa shape index (κ2) is 7.33. The number of aromatic nitrogens is 1. The predicted molar refractivity (Wildman–Crippen MR) is 58.5 cm³/mol. The molecule has 1 N–H and O–H groups in total. The molecule has 1 rings (SSSR count). The number of nitrogens with zero attached hydrogens (tertiary/aromatic N) is 1. The Bertz CT molecular complexity index is 226. The van der Waals surface area contributed by atoms with E-state index in [1.54, 1.807) is 6.20 Å². The molecular weight excluding hydrogens is 176 g/mol. The van der Waals surface area contributed by atoms with E-state index < -0.39 is 0 Å². The van der Waals surface area contributed by atoms with Gasteiger partial charge in [0.25, 0.3) is 0 Å². The smallest absolute Gasteiger partial charge is 0.125 e.